The Morgan fingerprint density at radius 1 is 1.37 bits per heavy atom. The van der Waals surface area contributed by atoms with E-state index < -0.39 is 15.0 Å². The molecular formula is C12H14Cl2O4S. The highest BCUT2D eigenvalue weighted by molar-refractivity contribution is 8.13. The van der Waals surface area contributed by atoms with Crippen molar-refractivity contribution in [2.75, 3.05) is 6.61 Å². The highest BCUT2D eigenvalue weighted by Crippen LogP contribution is 2.27. The minimum absolute atomic E-state index is 0.104. The molecule has 0 N–H and O–H groups in total. The van der Waals surface area contributed by atoms with Gasteiger partial charge in [0.2, 0.25) is 0 Å². The summed E-state index contributed by atoms with van der Waals surface area (Å²) in [6.45, 7) is 5.52. The van der Waals surface area contributed by atoms with E-state index >= 15 is 0 Å². The van der Waals surface area contributed by atoms with Gasteiger partial charge < -0.3 is 4.74 Å². The molecule has 0 unspecified atom stereocenters. The predicted octanol–water partition coefficient (Wildman–Crippen LogP) is 3.39. The molecule has 7 heteroatoms. The fraction of sp³-hybridized carbons (Fsp3) is 0.417. The number of carbonyl (C=O) groups is 1. The van der Waals surface area contributed by atoms with Crippen molar-refractivity contribution in [2.45, 2.75) is 25.7 Å². The quantitative estimate of drug-likeness (QED) is 0.629. The number of esters is 1. The zero-order valence-electron chi connectivity index (χ0n) is 10.7. The van der Waals surface area contributed by atoms with Gasteiger partial charge in [-0.05, 0) is 30.5 Å². The highest BCUT2D eigenvalue weighted by atomic mass is 35.7. The second-order valence-corrected chi connectivity index (χ2v) is 7.48. The molecule has 106 valence electrons. The van der Waals surface area contributed by atoms with Crippen LogP contribution in [0.2, 0.25) is 5.02 Å². The normalized spacial score (nSPS) is 11.7. The molecule has 0 fully saturated rings. The molecule has 0 saturated carbocycles. The number of hydrogen-bond acceptors (Lipinski definition) is 4. The molecule has 4 nitrogen and oxygen atoms in total. The maximum absolute atomic E-state index is 11.9. The predicted molar refractivity (Wildman–Crippen MR) is 74.3 cm³/mol. The first-order valence-corrected chi connectivity index (χ1v) is 8.23. The van der Waals surface area contributed by atoms with Crippen LogP contribution in [-0.4, -0.2) is 21.0 Å². The Morgan fingerprint density at radius 3 is 2.42 bits per heavy atom. The monoisotopic (exact) mass is 324 g/mol. The standard InChI is InChI=1S/C12H14Cl2O4S/c1-7(2)6-18-12(15)10-4-9(13)5-11(8(10)3)19(14,16)17/h4-5,7H,6H2,1-3H3. The SMILES string of the molecule is Cc1c(C(=O)OCC(C)C)cc(Cl)cc1S(=O)(=O)Cl. The molecule has 0 radical (unpaired) electrons. The molecular weight excluding hydrogens is 311 g/mol. The number of benzene rings is 1. The summed E-state index contributed by atoms with van der Waals surface area (Å²) in [7, 11) is 1.34. The summed E-state index contributed by atoms with van der Waals surface area (Å²) in [5.41, 5.74) is 0.334. The topological polar surface area (TPSA) is 60.4 Å². The fourth-order valence-corrected chi connectivity index (χ4v) is 2.95. The van der Waals surface area contributed by atoms with E-state index in [-0.39, 0.29) is 33.6 Å². The van der Waals surface area contributed by atoms with Crippen LogP contribution >= 0.6 is 22.3 Å². The number of ether oxygens (including phenoxy) is 1. The molecule has 19 heavy (non-hydrogen) atoms. The maximum atomic E-state index is 11.9. The molecule has 0 heterocycles. The zero-order chi connectivity index (χ0) is 14.8. The number of halogens is 2. The van der Waals surface area contributed by atoms with Gasteiger partial charge in [-0.15, -0.1) is 0 Å². The first kappa shape index (κ1) is 16.3. The second-order valence-electron chi connectivity index (χ2n) is 4.51. The van der Waals surface area contributed by atoms with Crippen LogP contribution in [0.4, 0.5) is 0 Å². The summed E-state index contributed by atoms with van der Waals surface area (Å²) >= 11 is 5.80. The summed E-state index contributed by atoms with van der Waals surface area (Å²) in [6, 6.07) is 2.57. The van der Waals surface area contributed by atoms with Gasteiger partial charge in [-0.1, -0.05) is 25.4 Å². The summed E-state index contributed by atoms with van der Waals surface area (Å²) in [4.78, 5) is 11.7. The molecule has 0 aliphatic rings. The minimum Gasteiger partial charge on any atom is -0.462 e. The molecule has 0 bridgehead atoms. The van der Waals surface area contributed by atoms with Crippen molar-refractivity contribution in [3.8, 4) is 0 Å². The van der Waals surface area contributed by atoms with Crippen LogP contribution in [0, 0.1) is 12.8 Å². The Labute approximate surface area is 122 Å². The number of rotatable bonds is 4. The Bertz CT molecular complexity index is 594. The molecule has 1 aromatic rings. The lowest BCUT2D eigenvalue weighted by atomic mass is 10.1. The van der Waals surface area contributed by atoms with Crippen LogP contribution in [0.3, 0.4) is 0 Å². The number of carbonyl (C=O) groups excluding carboxylic acids is 1. The smallest absolute Gasteiger partial charge is 0.338 e. The molecule has 0 aromatic heterocycles. The van der Waals surface area contributed by atoms with Crippen LogP contribution in [0.25, 0.3) is 0 Å². The Hall–Kier alpha value is -0.780. The Kier molecular flexibility index (Phi) is 5.24. The zero-order valence-corrected chi connectivity index (χ0v) is 13.1. The van der Waals surface area contributed by atoms with Crippen LogP contribution in [-0.2, 0) is 13.8 Å². The molecule has 0 atom stereocenters. The largest absolute Gasteiger partial charge is 0.462 e. The summed E-state index contributed by atoms with van der Waals surface area (Å²) in [5, 5.41) is 0.112. The molecule has 0 amide bonds. The van der Waals surface area contributed by atoms with Gasteiger partial charge >= 0.3 is 5.97 Å². The van der Waals surface area contributed by atoms with E-state index in [1.165, 1.54) is 19.1 Å². The minimum atomic E-state index is -3.96. The Morgan fingerprint density at radius 2 is 1.95 bits per heavy atom. The first-order valence-electron chi connectivity index (χ1n) is 5.55. The first-order chi connectivity index (χ1) is 8.62. The second kappa shape index (κ2) is 6.11. The van der Waals surface area contributed by atoms with Crippen LogP contribution in [0.1, 0.15) is 29.8 Å². The van der Waals surface area contributed by atoms with Crippen LogP contribution < -0.4 is 0 Å². The maximum Gasteiger partial charge on any atom is 0.338 e. The van der Waals surface area contributed by atoms with Crippen molar-refractivity contribution in [2.24, 2.45) is 5.92 Å². The van der Waals surface area contributed by atoms with Crippen molar-refractivity contribution in [3.63, 3.8) is 0 Å². The summed E-state index contributed by atoms with van der Waals surface area (Å²) in [5.74, 6) is -0.435. The van der Waals surface area contributed by atoms with E-state index in [0.29, 0.717) is 0 Å². The van der Waals surface area contributed by atoms with Crippen molar-refractivity contribution in [1.29, 1.82) is 0 Å². The molecule has 1 aromatic carbocycles. The molecule has 1 rings (SSSR count). The van der Waals surface area contributed by atoms with Gasteiger partial charge in [0.1, 0.15) is 0 Å². The summed E-state index contributed by atoms with van der Waals surface area (Å²) < 4.78 is 27.9. The van der Waals surface area contributed by atoms with Crippen molar-refractivity contribution in [3.05, 3.63) is 28.3 Å². The van der Waals surface area contributed by atoms with E-state index in [9.17, 15) is 13.2 Å². The van der Waals surface area contributed by atoms with Gasteiger partial charge in [-0.3, -0.25) is 0 Å². The van der Waals surface area contributed by atoms with Crippen molar-refractivity contribution < 1.29 is 17.9 Å². The van der Waals surface area contributed by atoms with Gasteiger partial charge in [-0.25, -0.2) is 13.2 Å². The molecule has 0 aliphatic heterocycles. The number of hydrogen-bond donors (Lipinski definition) is 0. The van der Waals surface area contributed by atoms with E-state index in [0.717, 1.165) is 0 Å². The third-order valence-corrected chi connectivity index (χ3v) is 4.02. The molecule has 0 saturated heterocycles. The van der Waals surface area contributed by atoms with Gasteiger partial charge in [0.05, 0.1) is 17.1 Å². The van der Waals surface area contributed by atoms with Crippen LogP contribution in [0.5, 0.6) is 0 Å². The highest BCUT2D eigenvalue weighted by Gasteiger charge is 2.21. The molecule has 0 aliphatic carbocycles. The van der Waals surface area contributed by atoms with E-state index in [2.05, 4.69) is 0 Å². The average Bonchev–Trinajstić information content (AvgIpc) is 2.27. The van der Waals surface area contributed by atoms with E-state index in [1.807, 2.05) is 13.8 Å². The van der Waals surface area contributed by atoms with Crippen LogP contribution in [0.15, 0.2) is 17.0 Å². The third kappa shape index (κ3) is 4.37. The average molecular weight is 325 g/mol. The lowest BCUT2D eigenvalue weighted by Gasteiger charge is -2.11. The van der Waals surface area contributed by atoms with E-state index in [4.69, 9.17) is 27.0 Å². The summed E-state index contributed by atoms with van der Waals surface area (Å²) in [6.07, 6.45) is 0. The fourth-order valence-electron chi connectivity index (χ4n) is 1.44. The van der Waals surface area contributed by atoms with Gasteiger partial charge in [0.15, 0.2) is 0 Å². The van der Waals surface area contributed by atoms with E-state index in [1.54, 1.807) is 0 Å². The lowest BCUT2D eigenvalue weighted by Crippen LogP contribution is -2.13. The lowest BCUT2D eigenvalue weighted by molar-refractivity contribution is 0.0458. The Balaban J connectivity index is 3.22. The van der Waals surface area contributed by atoms with Crippen molar-refractivity contribution >= 4 is 37.3 Å². The van der Waals surface area contributed by atoms with Gasteiger partial charge in [0, 0.05) is 15.7 Å². The van der Waals surface area contributed by atoms with Gasteiger partial charge in [0.25, 0.3) is 9.05 Å². The third-order valence-electron chi connectivity index (χ3n) is 2.36. The van der Waals surface area contributed by atoms with Crippen molar-refractivity contribution in [1.82, 2.24) is 0 Å². The van der Waals surface area contributed by atoms with Gasteiger partial charge in [-0.2, -0.15) is 0 Å². The molecule has 0 spiro atoms.